The molecule has 0 saturated carbocycles. The summed E-state index contributed by atoms with van der Waals surface area (Å²) in [5.41, 5.74) is 2.11. The van der Waals surface area contributed by atoms with Gasteiger partial charge in [0.25, 0.3) is 0 Å². The van der Waals surface area contributed by atoms with Crippen molar-refractivity contribution in [3.63, 3.8) is 0 Å². The van der Waals surface area contributed by atoms with E-state index in [0.717, 1.165) is 17.5 Å². The Balaban J connectivity index is 1.79. The lowest BCUT2D eigenvalue weighted by Gasteiger charge is -2.10. The number of hydrogen-bond donors (Lipinski definition) is 3. The molecule has 0 amide bonds. The molecular formula is C19H23ClN2O4S. The van der Waals surface area contributed by atoms with Gasteiger partial charge in [0, 0.05) is 11.6 Å². The fraction of sp³-hybridized carbons (Fsp3) is 0.316. The lowest BCUT2D eigenvalue weighted by Crippen LogP contribution is -2.34. The molecule has 0 aliphatic heterocycles. The van der Waals surface area contributed by atoms with Crippen LogP contribution >= 0.6 is 11.6 Å². The van der Waals surface area contributed by atoms with Crippen LogP contribution in [0, 0.1) is 0 Å². The molecule has 0 heterocycles. The first-order chi connectivity index (χ1) is 12.8. The maximum absolute atomic E-state index is 12.2. The van der Waals surface area contributed by atoms with Gasteiger partial charge < -0.3 is 10.4 Å². The molecule has 0 aromatic heterocycles. The van der Waals surface area contributed by atoms with E-state index in [0.29, 0.717) is 24.5 Å². The van der Waals surface area contributed by atoms with Gasteiger partial charge in [-0.25, -0.2) is 13.1 Å². The third kappa shape index (κ3) is 6.95. The number of carbonyl (C=O) groups is 1. The van der Waals surface area contributed by atoms with Gasteiger partial charge in [-0.15, -0.1) is 0 Å². The average Bonchev–Trinajstić information content (AvgIpc) is 2.63. The second-order valence-corrected chi connectivity index (χ2v) is 8.39. The molecule has 2 rings (SSSR count). The second kappa shape index (κ2) is 9.85. The predicted molar refractivity (Wildman–Crippen MR) is 106 cm³/mol. The topological polar surface area (TPSA) is 95.5 Å². The van der Waals surface area contributed by atoms with Crippen LogP contribution in [0.3, 0.4) is 0 Å². The highest BCUT2D eigenvalue weighted by Gasteiger charge is 2.13. The first kappa shape index (κ1) is 21.4. The zero-order valence-corrected chi connectivity index (χ0v) is 16.6. The average molecular weight is 411 g/mol. The van der Waals surface area contributed by atoms with E-state index >= 15 is 0 Å². The first-order valence-corrected chi connectivity index (χ1v) is 10.4. The number of halogens is 1. The van der Waals surface area contributed by atoms with Crippen molar-refractivity contribution >= 4 is 27.6 Å². The van der Waals surface area contributed by atoms with Gasteiger partial charge in [0.05, 0.1) is 4.90 Å². The Hall–Kier alpha value is -1.93. The van der Waals surface area contributed by atoms with Crippen molar-refractivity contribution in [2.24, 2.45) is 0 Å². The second-order valence-electron chi connectivity index (χ2n) is 6.18. The zero-order chi connectivity index (χ0) is 19.9. The van der Waals surface area contributed by atoms with E-state index in [1.165, 1.54) is 12.1 Å². The third-order valence-corrected chi connectivity index (χ3v) is 5.82. The Kier molecular flexibility index (Phi) is 7.79. The van der Waals surface area contributed by atoms with Crippen LogP contribution in [0.2, 0.25) is 5.02 Å². The fourth-order valence-electron chi connectivity index (χ4n) is 2.42. The summed E-state index contributed by atoms with van der Waals surface area (Å²) in [7, 11) is -3.55. The summed E-state index contributed by atoms with van der Waals surface area (Å²) in [5.74, 6) is -0.869. The normalized spacial score (nSPS) is 12.7. The minimum absolute atomic E-state index is 0.185. The highest BCUT2D eigenvalue weighted by atomic mass is 35.5. The molecule has 0 aliphatic rings. The number of carboxylic acid groups (broad SMARTS) is 1. The quantitative estimate of drug-likeness (QED) is 0.559. The number of aliphatic carboxylic acids is 1. The number of sulfonamides is 1. The van der Waals surface area contributed by atoms with Crippen LogP contribution in [-0.2, 0) is 27.7 Å². The van der Waals surface area contributed by atoms with Crippen molar-refractivity contribution in [1.29, 1.82) is 0 Å². The van der Waals surface area contributed by atoms with Gasteiger partial charge >= 0.3 is 5.97 Å². The van der Waals surface area contributed by atoms with Crippen LogP contribution in [-0.4, -0.2) is 38.6 Å². The smallest absolute Gasteiger partial charge is 0.320 e. The van der Waals surface area contributed by atoms with Gasteiger partial charge in [-0.1, -0.05) is 35.9 Å². The van der Waals surface area contributed by atoms with Crippen molar-refractivity contribution in [3.05, 3.63) is 64.7 Å². The van der Waals surface area contributed by atoms with Crippen LogP contribution in [0.15, 0.2) is 53.4 Å². The van der Waals surface area contributed by atoms with Gasteiger partial charge in [-0.3, -0.25) is 4.79 Å². The van der Waals surface area contributed by atoms with E-state index in [1.54, 1.807) is 19.1 Å². The number of benzene rings is 2. The van der Waals surface area contributed by atoms with Gasteiger partial charge in [0.1, 0.15) is 6.04 Å². The van der Waals surface area contributed by atoms with Crippen molar-refractivity contribution in [1.82, 2.24) is 10.0 Å². The predicted octanol–water partition coefficient (Wildman–Crippen LogP) is 2.47. The molecule has 6 nitrogen and oxygen atoms in total. The monoisotopic (exact) mass is 410 g/mol. The fourth-order valence-corrected chi connectivity index (χ4v) is 3.58. The van der Waals surface area contributed by atoms with Crippen molar-refractivity contribution in [2.45, 2.75) is 30.7 Å². The summed E-state index contributed by atoms with van der Waals surface area (Å²) in [6, 6.07) is 13.3. The molecule has 8 heteroatoms. The molecule has 1 atom stereocenters. The minimum Gasteiger partial charge on any atom is -0.480 e. The highest BCUT2D eigenvalue weighted by molar-refractivity contribution is 7.89. The van der Waals surface area contributed by atoms with Crippen LogP contribution in [0.25, 0.3) is 0 Å². The maximum Gasteiger partial charge on any atom is 0.320 e. The Morgan fingerprint density at radius 3 is 2.04 bits per heavy atom. The van der Waals surface area contributed by atoms with Gasteiger partial charge in [0.15, 0.2) is 0 Å². The van der Waals surface area contributed by atoms with E-state index in [2.05, 4.69) is 10.0 Å². The van der Waals surface area contributed by atoms with E-state index < -0.39 is 22.0 Å². The molecule has 0 saturated heterocycles. The number of hydrogen-bond acceptors (Lipinski definition) is 4. The molecule has 2 aromatic carbocycles. The molecule has 2 aromatic rings. The van der Waals surface area contributed by atoms with Crippen molar-refractivity contribution in [2.75, 3.05) is 13.1 Å². The van der Waals surface area contributed by atoms with E-state index in [4.69, 9.17) is 16.7 Å². The number of nitrogens with one attached hydrogen (secondary N) is 2. The minimum atomic E-state index is -3.55. The Labute approximate surface area is 164 Å². The summed E-state index contributed by atoms with van der Waals surface area (Å²) in [6.07, 6.45) is 1.29. The Morgan fingerprint density at radius 1 is 1.00 bits per heavy atom. The molecule has 27 heavy (non-hydrogen) atoms. The summed E-state index contributed by atoms with van der Waals surface area (Å²) in [5, 5.41) is 12.2. The molecule has 0 unspecified atom stereocenters. The standard InChI is InChI=1S/C19H23ClN2O4S/c1-14(19(23)24)21-12-10-15-2-4-16(5-3-15)11-13-22-27(25,26)18-8-6-17(20)7-9-18/h2-9,14,21-22H,10-13H2,1H3,(H,23,24)/t14-/m0/s1. The molecular weight excluding hydrogens is 388 g/mol. The lowest BCUT2D eigenvalue weighted by molar-refractivity contribution is -0.138. The molecule has 0 bridgehead atoms. The first-order valence-electron chi connectivity index (χ1n) is 8.57. The lowest BCUT2D eigenvalue weighted by atomic mass is 10.1. The molecule has 0 spiro atoms. The van der Waals surface area contributed by atoms with Gasteiger partial charge in [-0.2, -0.15) is 0 Å². The summed E-state index contributed by atoms with van der Waals surface area (Å²) in [4.78, 5) is 10.9. The van der Waals surface area contributed by atoms with Crippen LogP contribution in [0.1, 0.15) is 18.1 Å². The third-order valence-electron chi connectivity index (χ3n) is 4.09. The zero-order valence-electron chi connectivity index (χ0n) is 15.0. The summed E-state index contributed by atoms with van der Waals surface area (Å²) in [6.45, 7) is 2.48. The van der Waals surface area contributed by atoms with E-state index in [-0.39, 0.29) is 4.90 Å². The maximum atomic E-state index is 12.2. The summed E-state index contributed by atoms with van der Waals surface area (Å²) < 4.78 is 27.0. The molecule has 0 radical (unpaired) electrons. The van der Waals surface area contributed by atoms with E-state index in [9.17, 15) is 13.2 Å². The summed E-state index contributed by atoms with van der Waals surface area (Å²) >= 11 is 5.77. The number of carboxylic acids is 1. The molecule has 0 aliphatic carbocycles. The van der Waals surface area contributed by atoms with E-state index in [1.807, 2.05) is 24.3 Å². The van der Waals surface area contributed by atoms with Crippen LogP contribution < -0.4 is 10.0 Å². The molecule has 146 valence electrons. The Bertz CT molecular complexity index is 852. The Morgan fingerprint density at radius 2 is 1.52 bits per heavy atom. The molecule has 3 N–H and O–H groups in total. The molecule has 0 fully saturated rings. The van der Waals surface area contributed by atoms with Crippen molar-refractivity contribution in [3.8, 4) is 0 Å². The number of rotatable bonds is 10. The van der Waals surface area contributed by atoms with Gasteiger partial charge in [-0.05, 0) is 61.7 Å². The SMILES string of the molecule is C[C@H](NCCc1ccc(CCNS(=O)(=O)c2ccc(Cl)cc2)cc1)C(=O)O. The van der Waals surface area contributed by atoms with Crippen LogP contribution in [0.5, 0.6) is 0 Å². The largest absolute Gasteiger partial charge is 0.480 e. The highest BCUT2D eigenvalue weighted by Crippen LogP contribution is 2.14. The van der Waals surface area contributed by atoms with Gasteiger partial charge in [0.2, 0.25) is 10.0 Å². The van der Waals surface area contributed by atoms with Crippen molar-refractivity contribution < 1.29 is 18.3 Å². The van der Waals surface area contributed by atoms with Crippen LogP contribution in [0.4, 0.5) is 0 Å².